The number of benzene rings is 3. The van der Waals surface area contributed by atoms with Crippen LogP contribution in [0.4, 0.5) is 0 Å². The van der Waals surface area contributed by atoms with E-state index in [4.69, 9.17) is 9.97 Å². The number of rotatable bonds is 2. The van der Waals surface area contributed by atoms with Gasteiger partial charge in [0.25, 0.3) is 0 Å². The molecule has 36 heavy (non-hydrogen) atoms. The maximum absolute atomic E-state index is 5.08. The number of para-hydroxylation sites is 2. The van der Waals surface area contributed by atoms with Crippen LogP contribution in [0.15, 0.2) is 116 Å². The molecule has 0 amide bonds. The topological polar surface area (TPSA) is 48.5 Å². The molecule has 0 saturated heterocycles. The second-order valence-corrected chi connectivity index (χ2v) is 8.99. The molecule has 5 heterocycles. The smallest absolute Gasteiger partial charge is 0.148 e. The fourth-order valence-electron chi connectivity index (χ4n) is 5.59. The minimum atomic E-state index is 0.882. The molecule has 0 aliphatic carbocycles. The second-order valence-electron chi connectivity index (χ2n) is 8.99. The summed E-state index contributed by atoms with van der Waals surface area (Å²) in [4.78, 5) is 14.4. The van der Waals surface area contributed by atoms with E-state index in [1.54, 1.807) is 0 Å². The van der Waals surface area contributed by atoms with E-state index in [9.17, 15) is 0 Å². The SMILES string of the molecule is c1ccc(-n2c3ccccc3c3cnc4c(c5cccnc5n4-c4cccc5ccncc45)c32)cc1. The summed E-state index contributed by atoms with van der Waals surface area (Å²) in [6.45, 7) is 0. The molecule has 8 rings (SSSR count). The number of aromatic nitrogens is 5. The molecule has 5 nitrogen and oxygen atoms in total. The van der Waals surface area contributed by atoms with Crippen LogP contribution >= 0.6 is 0 Å². The molecule has 0 saturated carbocycles. The Balaban J connectivity index is 1.64. The highest BCUT2D eigenvalue weighted by Gasteiger charge is 2.22. The monoisotopic (exact) mass is 461 g/mol. The number of nitrogens with zero attached hydrogens (tertiary/aromatic N) is 5. The lowest BCUT2D eigenvalue weighted by Crippen LogP contribution is -1.98. The molecule has 0 aliphatic rings. The zero-order valence-corrected chi connectivity index (χ0v) is 19.2. The summed E-state index contributed by atoms with van der Waals surface area (Å²) in [5, 5.41) is 6.68. The first-order valence-corrected chi connectivity index (χ1v) is 12.0. The van der Waals surface area contributed by atoms with Crippen LogP contribution in [0.25, 0.3) is 66.0 Å². The summed E-state index contributed by atoms with van der Waals surface area (Å²) in [7, 11) is 0. The van der Waals surface area contributed by atoms with Gasteiger partial charge in [0.05, 0.1) is 22.1 Å². The summed E-state index contributed by atoms with van der Waals surface area (Å²) in [6, 6.07) is 31.6. The molecule has 0 atom stereocenters. The molecule has 0 spiro atoms. The van der Waals surface area contributed by atoms with Crippen LogP contribution in [0, 0.1) is 0 Å². The van der Waals surface area contributed by atoms with E-state index in [-0.39, 0.29) is 0 Å². The van der Waals surface area contributed by atoms with Crippen molar-refractivity contribution in [3.05, 3.63) is 116 Å². The predicted octanol–water partition coefficient (Wildman–Crippen LogP) is 7.22. The highest BCUT2D eigenvalue weighted by Crippen LogP contribution is 2.40. The average molecular weight is 462 g/mol. The van der Waals surface area contributed by atoms with Gasteiger partial charge < -0.3 is 4.57 Å². The van der Waals surface area contributed by atoms with E-state index in [2.05, 4.69) is 93.0 Å². The van der Waals surface area contributed by atoms with E-state index in [0.717, 1.165) is 60.6 Å². The summed E-state index contributed by atoms with van der Waals surface area (Å²) < 4.78 is 4.54. The zero-order chi connectivity index (χ0) is 23.6. The third-order valence-electron chi connectivity index (χ3n) is 7.09. The zero-order valence-electron chi connectivity index (χ0n) is 19.2. The number of hydrogen-bond acceptors (Lipinski definition) is 3. The Morgan fingerprint density at radius 2 is 1.39 bits per heavy atom. The second kappa shape index (κ2) is 7.23. The lowest BCUT2D eigenvalue weighted by molar-refractivity contribution is 1.11. The highest BCUT2D eigenvalue weighted by atomic mass is 15.1. The molecule has 168 valence electrons. The van der Waals surface area contributed by atoms with Gasteiger partial charge in [0.15, 0.2) is 0 Å². The number of hydrogen-bond donors (Lipinski definition) is 0. The maximum Gasteiger partial charge on any atom is 0.148 e. The Bertz CT molecular complexity index is 2100. The summed E-state index contributed by atoms with van der Waals surface area (Å²) in [5.41, 5.74) is 6.21. The quantitative estimate of drug-likeness (QED) is 0.273. The highest BCUT2D eigenvalue weighted by molar-refractivity contribution is 6.24. The van der Waals surface area contributed by atoms with Gasteiger partial charge in [-0.25, -0.2) is 9.97 Å². The predicted molar refractivity (Wildman–Crippen MR) is 146 cm³/mol. The van der Waals surface area contributed by atoms with Crippen molar-refractivity contribution in [2.75, 3.05) is 0 Å². The van der Waals surface area contributed by atoms with Gasteiger partial charge in [0.2, 0.25) is 0 Å². The number of fused-ring (bicyclic) bond motifs is 8. The van der Waals surface area contributed by atoms with Gasteiger partial charge in [0.1, 0.15) is 11.3 Å². The van der Waals surface area contributed by atoms with Crippen molar-refractivity contribution in [1.82, 2.24) is 24.1 Å². The Labute approximate surface area is 205 Å². The molecule has 3 aromatic carbocycles. The van der Waals surface area contributed by atoms with Crippen molar-refractivity contribution in [2.24, 2.45) is 0 Å². The van der Waals surface area contributed by atoms with Crippen LogP contribution in [0.2, 0.25) is 0 Å². The van der Waals surface area contributed by atoms with Gasteiger partial charge in [-0.1, -0.05) is 48.5 Å². The lowest BCUT2D eigenvalue weighted by Gasteiger charge is -2.10. The van der Waals surface area contributed by atoms with Crippen LogP contribution in [-0.4, -0.2) is 24.1 Å². The van der Waals surface area contributed by atoms with Gasteiger partial charge in [0, 0.05) is 52.0 Å². The average Bonchev–Trinajstić information content (AvgIpc) is 3.46. The van der Waals surface area contributed by atoms with Crippen LogP contribution in [0.5, 0.6) is 0 Å². The van der Waals surface area contributed by atoms with Gasteiger partial charge in [-0.2, -0.15) is 0 Å². The Morgan fingerprint density at radius 1 is 0.528 bits per heavy atom. The summed E-state index contributed by atoms with van der Waals surface area (Å²) in [6.07, 6.45) is 7.62. The van der Waals surface area contributed by atoms with E-state index >= 15 is 0 Å². The molecule has 0 N–H and O–H groups in total. The van der Waals surface area contributed by atoms with Crippen LogP contribution < -0.4 is 0 Å². The van der Waals surface area contributed by atoms with E-state index < -0.39 is 0 Å². The van der Waals surface area contributed by atoms with Crippen LogP contribution in [0.1, 0.15) is 0 Å². The Kier molecular flexibility index (Phi) is 3.88. The largest absolute Gasteiger partial charge is 0.308 e. The van der Waals surface area contributed by atoms with Gasteiger partial charge in [-0.3, -0.25) is 9.55 Å². The van der Waals surface area contributed by atoms with Crippen molar-refractivity contribution in [2.45, 2.75) is 0 Å². The fourth-order valence-corrected chi connectivity index (χ4v) is 5.59. The van der Waals surface area contributed by atoms with Gasteiger partial charge in [-0.05, 0) is 47.9 Å². The van der Waals surface area contributed by atoms with E-state index in [1.807, 2.05) is 36.9 Å². The normalized spacial score (nSPS) is 11.9. The first kappa shape index (κ1) is 19.3. The fraction of sp³-hybridized carbons (Fsp3) is 0. The summed E-state index contributed by atoms with van der Waals surface area (Å²) in [5.74, 6) is 0. The molecular formula is C31H19N5. The Hall–Kier alpha value is -5.03. The molecular weight excluding hydrogens is 442 g/mol. The first-order valence-electron chi connectivity index (χ1n) is 12.0. The Morgan fingerprint density at radius 3 is 2.33 bits per heavy atom. The molecule has 5 aromatic heterocycles. The van der Waals surface area contributed by atoms with E-state index in [1.165, 1.54) is 5.39 Å². The minimum Gasteiger partial charge on any atom is -0.308 e. The van der Waals surface area contributed by atoms with Crippen molar-refractivity contribution in [3.63, 3.8) is 0 Å². The molecule has 0 bridgehead atoms. The third kappa shape index (κ3) is 2.51. The van der Waals surface area contributed by atoms with Gasteiger partial charge in [-0.15, -0.1) is 0 Å². The van der Waals surface area contributed by atoms with Crippen LogP contribution in [-0.2, 0) is 0 Å². The van der Waals surface area contributed by atoms with Gasteiger partial charge >= 0.3 is 0 Å². The molecule has 0 fully saturated rings. The molecule has 8 aromatic rings. The molecule has 0 aliphatic heterocycles. The lowest BCUT2D eigenvalue weighted by atomic mass is 10.1. The number of pyridine rings is 3. The van der Waals surface area contributed by atoms with Crippen molar-refractivity contribution < 1.29 is 0 Å². The van der Waals surface area contributed by atoms with Crippen molar-refractivity contribution in [1.29, 1.82) is 0 Å². The molecule has 0 unspecified atom stereocenters. The van der Waals surface area contributed by atoms with E-state index in [0.29, 0.717) is 0 Å². The first-order chi connectivity index (χ1) is 17.9. The molecule has 5 heteroatoms. The minimum absolute atomic E-state index is 0.882. The maximum atomic E-state index is 5.08. The van der Waals surface area contributed by atoms with Crippen molar-refractivity contribution >= 4 is 54.6 Å². The van der Waals surface area contributed by atoms with Crippen molar-refractivity contribution in [3.8, 4) is 11.4 Å². The third-order valence-corrected chi connectivity index (χ3v) is 7.09. The summed E-state index contributed by atoms with van der Waals surface area (Å²) >= 11 is 0. The molecule has 0 radical (unpaired) electrons. The standard InChI is InChI=1S/C31H19N5/c1-2-9-21(10-3-1)35-26-13-5-4-11-22(26)25-19-34-31-28(29(25)35)23-12-7-16-33-30(23)36(31)27-14-6-8-20-15-17-32-18-24(20)27/h1-19H. The van der Waals surface area contributed by atoms with Crippen LogP contribution in [0.3, 0.4) is 0 Å².